The van der Waals surface area contributed by atoms with Gasteiger partial charge in [-0.05, 0) is 49.2 Å². The highest BCUT2D eigenvalue weighted by Gasteiger charge is 2.33. The van der Waals surface area contributed by atoms with Crippen LogP contribution in [0.25, 0.3) is 0 Å². The monoisotopic (exact) mass is 345 g/mol. The molecule has 0 unspecified atom stereocenters. The first-order chi connectivity index (χ1) is 11.4. The number of para-hydroxylation sites is 1. The third-order valence-corrected chi connectivity index (χ3v) is 6.08. The summed E-state index contributed by atoms with van der Waals surface area (Å²) in [6.07, 6.45) is 0.185. The molecule has 0 atom stereocenters. The largest absolute Gasteiger partial charge is 0.496 e. The van der Waals surface area contributed by atoms with Crippen molar-refractivity contribution < 1.29 is 17.9 Å². The molecule has 0 saturated carbocycles. The minimum atomic E-state index is -3.74. The van der Waals surface area contributed by atoms with E-state index in [9.17, 15) is 13.2 Å². The first kappa shape index (κ1) is 16.5. The predicted octanol–water partition coefficient (Wildman–Crippen LogP) is 3.09. The molecule has 0 aliphatic carbocycles. The molecule has 0 N–H and O–H groups in total. The smallest absolute Gasteiger partial charge is 0.264 e. The Labute approximate surface area is 141 Å². The van der Waals surface area contributed by atoms with Gasteiger partial charge in [0.1, 0.15) is 5.75 Å². The van der Waals surface area contributed by atoms with Gasteiger partial charge in [0.25, 0.3) is 10.0 Å². The third kappa shape index (κ3) is 2.57. The fraction of sp³-hybridized carbons (Fsp3) is 0.278. The molecule has 0 bridgehead atoms. The first-order valence-corrected chi connectivity index (χ1v) is 9.10. The van der Waals surface area contributed by atoms with Crippen LogP contribution < -0.4 is 9.04 Å². The molecule has 0 fully saturated rings. The Balaban J connectivity index is 2.14. The van der Waals surface area contributed by atoms with Gasteiger partial charge in [-0.3, -0.25) is 9.10 Å². The number of nitrogens with zero attached hydrogens (tertiary/aromatic N) is 1. The number of hydrogen-bond acceptors (Lipinski definition) is 4. The second-order valence-electron chi connectivity index (χ2n) is 5.85. The number of carbonyl (C=O) groups is 1. The lowest BCUT2D eigenvalue weighted by molar-refractivity contribution is 0.0982. The number of fused-ring (bicyclic) bond motifs is 1. The molecule has 1 aliphatic rings. The third-order valence-electron chi connectivity index (χ3n) is 4.28. The number of Topliss-reactive ketones (excluding diaryl/α,β-unsaturated/α-hetero) is 1. The summed E-state index contributed by atoms with van der Waals surface area (Å²) in [6.45, 7) is 3.78. The van der Waals surface area contributed by atoms with Crippen LogP contribution in [0, 0.1) is 13.8 Å². The van der Waals surface area contributed by atoms with E-state index in [0.29, 0.717) is 17.0 Å². The van der Waals surface area contributed by atoms with E-state index in [2.05, 4.69) is 0 Å². The maximum Gasteiger partial charge on any atom is 0.264 e. The molecule has 126 valence electrons. The number of carbonyl (C=O) groups excluding carboxylic acids is 1. The SMILES string of the molecule is COc1ccc(S(=O)(=O)N2CCC(=O)c3cccc(C)c32)cc1C. The Bertz CT molecular complexity index is 919. The average Bonchev–Trinajstić information content (AvgIpc) is 2.55. The van der Waals surface area contributed by atoms with Crippen LogP contribution in [0.4, 0.5) is 5.69 Å². The maximum atomic E-state index is 13.1. The van der Waals surface area contributed by atoms with E-state index in [-0.39, 0.29) is 23.6 Å². The van der Waals surface area contributed by atoms with E-state index in [4.69, 9.17) is 4.74 Å². The lowest BCUT2D eigenvalue weighted by Crippen LogP contribution is -2.38. The van der Waals surface area contributed by atoms with Crippen molar-refractivity contribution in [2.75, 3.05) is 18.0 Å². The van der Waals surface area contributed by atoms with E-state index in [0.717, 1.165) is 11.1 Å². The van der Waals surface area contributed by atoms with Crippen LogP contribution in [0.2, 0.25) is 0 Å². The highest BCUT2D eigenvalue weighted by atomic mass is 32.2. The van der Waals surface area contributed by atoms with E-state index >= 15 is 0 Å². The van der Waals surface area contributed by atoms with Gasteiger partial charge in [-0.25, -0.2) is 8.42 Å². The summed E-state index contributed by atoms with van der Waals surface area (Å²) in [5.74, 6) is 0.616. The fourth-order valence-corrected chi connectivity index (χ4v) is 4.68. The normalized spacial score (nSPS) is 14.5. The quantitative estimate of drug-likeness (QED) is 0.857. The molecule has 0 radical (unpaired) electrons. The van der Waals surface area contributed by atoms with Gasteiger partial charge in [-0.15, -0.1) is 0 Å². The Morgan fingerprint density at radius 2 is 1.83 bits per heavy atom. The van der Waals surface area contributed by atoms with Crippen molar-refractivity contribution in [3.8, 4) is 5.75 Å². The van der Waals surface area contributed by atoms with Gasteiger partial charge in [-0.1, -0.05) is 12.1 Å². The van der Waals surface area contributed by atoms with E-state index in [1.54, 1.807) is 38.3 Å². The van der Waals surface area contributed by atoms with Crippen LogP contribution in [0.1, 0.15) is 27.9 Å². The van der Waals surface area contributed by atoms with Gasteiger partial charge in [0.15, 0.2) is 5.78 Å². The summed E-state index contributed by atoms with van der Waals surface area (Å²) < 4.78 is 32.8. The molecule has 1 heterocycles. The zero-order valence-electron chi connectivity index (χ0n) is 13.9. The fourth-order valence-electron chi connectivity index (χ4n) is 3.04. The Kier molecular flexibility index (Phi) is 4.09. The summed E-state index contributed by atoms with van der Waals surface area (Å²) in [6, 6.07) is 10.1. The minimum Gasteiger partial charge on any atom is -0.496 e. The summed E-state index contributed by atoms with van der Waals surface area (Å²) in [7, 11) is -2.20. The zero-order valence-corrected chi connectivity index (χ0v) is 14.7. The summed E-state index contributed by atoms with van der Waals surface area (Å²) >= 11 is 0. The van der Waals surface area contributed by atoms with Gasteiger partial charge in [0.05, 0.1) is 17.7 Å². The molecular weight excluding hydrogens is 326 g/mol. The molecular formula is C18H19NO4S. The number of sulfonamides is 1. The average molecular weight is 345 g/mol. The standard InChI is InChI=1S/C18H19NO4S/c1-12-5-4-6-15-16(20)9-10-19(18(12)15)24(21,22)14-7-8-17(23-3)13(2)11-14/h4-8,11H,9-10H2,1-3H3. The molecule has 3 rings (SSSR count). The highest BCUT2D eigenvalue weighted by Crippen LogP contribution is 2.35. The number of benzene rings is 2. The van der Waals surface area contributed by atoms with Gasteiger partial charge >= 0.3 is 0 Å². The van der Waals surface area contributed by atoms with Crippen LogP contribution in [0.5, 0.6) is 5.75 Å². The first-order valence-electron chi connectivity index (χ1n) is 7.66. The summed E-state index contributed by atoms with van der Waals surface area (Å²) in [5.41, 5.74) is 2.48. The predicted molar refractivity (Wildman–Crippen MR) is 92.4 cm³/mol. The Morgan fingerprint density at radius 1 is 1.08 bits per heavy atom. The van der Waals surface area contributed by atoms with Crippen molar-refractivity contribution >= 4 is 21.5 Å². The van der Waals surface area contributed by atoms with Gasteiger partial charge in [0.2, 0.25) is 0 Å². The molecule has 6 heteroatoms. The van der Waals surface area contributed by atoms with Crippen LogP contribution >= 0.6 is 0 Å². The van der Waals surface area contributed by atoms with Crippen molar-refractivity contribution in [2.45, 2.75) is 25.2 Å². The highest BCUT2D eigenvalue weighted by molar-refractivity contribution is 7.92. The number of anilines is 1. The number of ketones is 1. The number of ether oxygens (including phenoxy) is 1. The molecule has 24 heavy (non-hydrogen) atoms. The molecule has 5 nitrogen and oxygen atoms in total. The van der Waals surface area contributed by atoms with Crippen LogP contribution in [0.3, 0.4) is 0 Å². The molecule has 1 aliphatic heterocycles. The Morgan fingerprint density at radius 3 is 2.50 bits per heavy atom. The zero-order chi connectivity index (χ0) is 17.5. The summed E-state index contributed by atoms with van der Waals surface area (Å²) in [5, 5.41) is 0. The Hall–Kier alpha value is -2.34. The van der Waals surface area contributed by atoms with Gasteiger partial charge in [-0.2, -0.15) is 0 Å². The molecule has 0 spiro atoms. The lowest BCUT2D eigenvalue weighted by atomic mass is 9.99. The molecule has 2 aromatic carbocycles. The van der Waals surface area contributed by atoms with Crippen molar-refractivity contribution in [1.82, 2.24) is 0 Å². The van der Waals surface area contributed by atoms with Crippen molar-refractivity contribution in [1.29, 1.82) is 0 Å². The molecule has 2 aromatic rings. The number of methoxy groups -OCH3 is 1. The van der Waals surface area contributed by atoms with Gasteiger partial charge < -0.3 is 4.74 Å². The lowest BCUT2D eigenvalue weighted by Gasteiger charge is -2.31. The number of hydrogen-bond donors (Lipinski definition) is 0. The van der Waals surface area contributed by atoms with Crippen molar-refractivity contribution in [2.24, 2.45) is 0 Å². The second kappa shape index (κ2) is 5.94. The number of rotatable bonds is 3. The molecule has 0 amide bonds. The van der Waals surface area contributed by atoms with Crippen LogP contribution in [0.15, 0.2) is 41.3 Å². The minimum absolute atomic E-state index is 0.0222. The number of aryl methyl sites for hydroxylation is 2. The van der Waals surface area contributed by atoms with Crippen molar-refractivity contribution in [3.05, 3.63) is 53.1 Å². The van der Waals surface area contributed by atoms with E-state index in [1.165, 1.54) is 10.4 Å². The van der Waals surface area contributed by atoms with Crippen LogP contribution in [-0.2, 0) is 10.0 Å². The van der Waals surface area contributed by atoms with E-state index in [1.807, 2.05) is 13.0 Å². The second-order valence-corrected chi connectivity index (χ2v) is 7.72. The van der Waals surface area contributed by atoms with E-state index < -0.39 is 10.0 Å². The maximum absolute atomic E-state index is 13.1. The molecule has 0 aromatic heterocycles. The van der Waals surface area contributed by atoms with Crippen molar-refractivity contribution in [3.63, 3.8) is 0 Å². The van der Waals surface area contributed by atoms with Gasteiger partial charge in [0, 0.05) is 18.5 Å². The topological polar surface area (TPSA) is 63.7 Å². The summed E-state index contributed by atoms with van der Waals surface area (Å²) in [4.78, 5) is 12.3. The van der Waals surface area contributed by atoms with Crippen LogP contribution in [-0.4, -0.2) is 27.9 Å². The molecule has 0 saturated heterocycles.